The first-order chi connectivity index (χ1) is 13.0. The summed E-state index contributed by atoms with van der Waals surface area (Å²) >= 11 is 7.24. The minimum atomic E-state index is -0.807. The zero-order chi connectivity index (χ0) is 19.4. The second-order valence-electron chi connectivity index (χ2n) is 5.80. The van der Waals surface area contributed by atoms with Crippen molar-refractivity contribution in [1.82, 2.24) is 0 Å². The number of hydrogen-bond acceptors (Lipinski definition) is 5. The summed E-state index contributed by atoms with van der Waals surface area (Å²) in [5.41, 5.74) is 1.55. The highest BCUT2D eigenvalue weighted by atomic mass is 35.5. The molecule has 1 aliphatic carbocycles. The molecule has 1 N–H and O–H groups in total. The van der Waals surface area contributed by atoms with E-state index in [1.807, 2.05) is 0 Å². The molecule has 0 fully saturated rings. The SMILES string of the molecule is N#Cc1c(NC(=O)COC(=O)/C=C/c2c(F)cccc2Cl)sc2c1CCC2. The van der Waals surface area contributed by atoms with E-state index in [1.54, 1.807) is 0 Å². The van der Waals surface area contributed by atoms with E-state index in [1.165, 1.54) is 35.6 Å². The third kappa shape index (κ3) is 4.35. The van der Waals surface area contributed by atoms with Crippen molar-refractivity contribution >= 4 is 45.9 Å². The van der Waals surface area contributed by atoms with E-state index in [0.717, 1.165) is 35.8 Å². The Hall–Kier alpha value is -2.69. The van der Waals surface area contributed by atoms with Crippen LogP contribution in [0.15, 0.2) is 24.3 Å². The van der Waals surface area contributed by atoms with Crippen molar-refractivity contribution in [3.63, 3.8) is 0 Å². The summed E-state index contributed by atoms with van der Waals surface area (Å²) in [6.45, 7) is -0.512. The molecule has 2 aromatic rings. The molecule has 1 heterocycles. The van der Waals surface area contributed by atoms with Gasteiger partial charge in [-0.3, -0.25) is 4.79 Å². The normalized spacial score (nSPS) is 12.6. The average Bonchev–Trinajstić information content (AvgIpc) is 3.20. The van der Waals surface area contributed by atoms with Crippen molar-refractivity contribution in [1.29, 1.82) is 5.26 Å². The van der Waals surface area contributed by atoms with Crippen LogP contribution in [-0.2, 0) is 27.2 Å². The third-order valence-corrected chi connectivity index (χ3v) is 5.55. The van der Waals surface area contributed by atoms with Gasteiger partial charge < -0.3 is 10.1 Å². The summed E-state index contributed by atoms with van der Waals surface area (Å²) < 4.78 is 18.5. The summed E-state index contributed by atoms with van der Waals surface area (Å²) in [5, 5.41) is 12.6. The molecule has 1 aromatic heterocycles. The van der Waals surface area contributed by atoms with E-state index in [0.29, 0.717) is 10.6 Å². The van der Waals surface area contributed by atoms with Crippen LogP contribution in [0.5, 0.6) is 0 Å². The van der Waals surface area contributed by atoms with Gasteiger partial charge in [0.2, 0.25) is 0 Å². The first-order valence-corrected chi connectivity index (χ1v) is 9.32. The maximum atomic E-state index is 13.6. The Labute approximate surface area is 164 Å². The molecule has 0 saturated heterocycles. The Morgan fingerprint density at radius 1 is 1.41 bits per heavy atom. The van der Waals surface area contributed by atoms with Crippen LogP contribution in [0.2, 0.25) is 5.02 Å². The molecule has 0 spiro atoms. The lowest BCUT2D eigenvalue weighted by atomic mass is 10.1. The van der Waals surface area contributed by atoms with Gasteiger partial charge >= 0.3 is 5.97 Å². The van der Waals surface area contributed by atoms with Crippen molar-refractivity contribution in [2.75, 3.05) is 11.9 Å². The summed E-state index contributed by atoms with van der Waals surface area (Å²) in [5.74, 6) is -1.92. The number of amides is 1. The molecule has 8 heteroatoms. The molecule has 27 heavy (non-hydrogen) atoms. The maximum absolute atomic E-state index is 13.6. The second kappa shape index (κ2) is 8.33. The quantitative estimate of drug-likeness (QED) is 0.601. The summed E-state index contributed by atoms with van der Waals surface area (Å²) in [4.78, 5) is 24.8. The topological polar surface area (TPSA) is 79.2 Å². The number of rotatable bonds is 5. The van der Waals surface area contributed by atoms with Gasteiger partial charge in [-0.1, -0.05) is 17.7 Å². The maximum Gasteiger partial charge on any atom is 0.331 e. The number of fused-ring (bicyclic) bond motifs is 1. The lowest BCUT2D eigenvalue weighted by Gasteiger charge is -2.04. The molecule has 1 aromatic carbocycles. The fourth-order valence-corrected chi connectivity index (χ4v) is 4.26. The lowest BCUT2D eigenvalue weighted by molar-refractivity contribution is -0.142. The van der Waals surface area contributed by atoms with Crippen LogP contribution in [-0.4, -0.2) is 18.5 Å². The van der Waals surface area contributed by atoms with Crippen LogP contribution < -0.4 is 5.32 Å². The molecule has 138 valence electrons. The summed E-state index contributed by atoms with van der Waals surface area (Å²) in [6.07, 6.45) is 4.94. The number of hydrogen-bond donors (Lipinski definition) is 1. The largest absolute Gasteiger partial charge is 0.452 e. The minimum absolute atomic E-state index is 0.0623. The first kappa shape index (κ1) is 19.1. The average molecular weight is 405 g/mol. The Balaban J connectivity index is 1.56. The van der Waals surface area contributed by atoms with Gasteiger partial charge in [-0.05, 0) is 43.0 Å². The number of esters is 1. The predicted molar refractivity (Wildman–Crippen MR) is 101 cm³/mol. The Morgan fingerprint density at radius 2 is 2.22 bits per heavy atom. The number of anilines is 1. The monoisotopic (exact) mass is 404 g/mol. The molecular weight excluding hydrogens is 391 g/mol. The zero-order valence-corrected chi connectivity index (χ0v) is 15.6. The fraction of sp³-hybridized carbons (Fsp3) is 0.211. The van der Waals surface area contributed by atoms with E-state index in [4.69, 9.17) is 16.3 Å². The van der Waals surface area contributed by atoms with Crippen molar-refractivity contribution < 1.29 is 18.7 Å². The number of carbonyl (C=O) groups excluding carboxylic acids is 2. The van der Waals surface area contributed by atoms with Crippen molar-refractivity contribution in [3.05, 3.63) is 56.7 Å². The van der Waals surface area contributed by atoms with Gasteiger partial charge in [-0.2, -0.15) is 5.26 Å². The van der Waals surface area contributed by atoms with Gasteiger partial charge in [0.05, 0.1) is 10.6 Å². The molecule has 0 radical (unpaired) electrons. The molecular formula is C19H14ClFN2O3S. The number of thiophene rings is 1. The van der Waals surface area contributed by atoms with Gasteiger partial charge in [0, 0.05) is 16.5 Å². The lowest BCUT2D eigenvalue weighted by Crippen LogP contribution is -2.20. The van der Waals surface area contributed by atoms with Crippen molar-refractivity contribution in [3.8, 4) is 6.07 Å². The second-order valence-corrected chi connectivity index (χ2v) is 7.31. The van der Waals surface area contributed by atoms with Crippen LogP contribution in [0.1, 0.15) is 28.0 Å². The Kier molecular flexibility index (Phi) is 5.89. The van der Waals surface area contributed by atoms with Gasteiger partial charge in [0.1, 0.15) is 16.9 Å². The number of halogens is 2. The van der Waals surface area contributed by atoms with Crippen LogP contribution >= 0.6 is 22.9 Å². The number of carbonyl (C=O) groups is 2. The molecule has 0 saturated carbocycles. The predicted octanol–water partition coefficient (Wildman–Crippen LogP) is 4.10. The zero-order valence-electron chi connectivity index (χ0n) is 14.1. The van der Waals surface area contributed by atoms with E-state index < -0.39 is 24.3 Å². The van der Waals surface area contributed by atoms with Crippen molar-refractivity contribution in [2.24, 2.45) is 0 Å². The van der Waals surface area contributed by atoms with Gasteiger partial charge in [-0.15, -0.1) is 11.3 Å². The number of nitrogens with zero attached hydrogens (tertiary/aromatic N) is 1. The molecule has 0 unspecified atom stereocenters. The van der Waals surface area contributed by atoms with Crippen LogP contribution in [0.25, 0.3) is 6.08 Å². The Bertz CT molecular complexity index is 958. The minimum Gasteiger partial charge on any atom is -0.452 e. The summed E-state index contributed by atoms with van der Waals surface area (Å²) in [7, 11) is 0. The molecule has 1 amide bonds. The van der Waals surface area contributed by atoms with Crippen LogP contribution in [0, 0.1) is 17.1 Å². The van der Waals surface area contributed by atoms with Crippen LogP contribution in [0.4, 0.5) is 9.39 Å². The number of nitriles is 1. The molecule has 5 nitrogen and oxygen atoms in total. The first-order valence-electron chi connectivity index (χ1n) is 8.13. The fourth-order valence-electron chi connectivity index (χ4n) is 2.78. The van der Waals surface area contributed by atoms with Gasteiger partial charge in [0.25, 0.3) is 5.91 Å². The highest BCUT2D eigenvalue weighted by Crippen LogP contribution is 2.38. The Morgan fingerprint density at radius 3 is 2.96 bits per heavy atom. The standard InChI is InChI=1S/C19H14ClFN2O3S/c20-14-4-2-5-15(21)12(14)7-8-18(25)26-10-17(24)23-19-13(9-22)11-3-1-6-16(11)27-19/h2,4-5,7-8H,1,3,6,10H2,(H,23,24)/b8-7+. The number of aryl methyl sites for hydroxylation is 1. The van der Waals surface area contributed by atoms with Gasteiger partial charge in [0.15, 0.2) is 6.61 Å². The molecule has 0 bridgehead atoms. The van der Waals surface area contributed by atoms with Crippen LogP contribution in [0.3, 0.4) is 0 Å². The van der Waals surface area contributed by atoms with Crippen molar-refractivity contribution in [2.45, 2.75) is 19.3 Å². The highest BCUT2D eigenvalue weighted by molar-refractivity contribution is 7.16. The number of nitrogens with one attached hydrogen (secondary N) is 1. The summed E-state index contributed by atoms with van der Waals surface area (Å²) in [6, 6.07) is 6.29. The molecule has 1 aliphatic rings. The van der Waals surface area contributed by atoms with E-state index in [9.17, 15) is 19.2 Å². The van der Waals surface area contributed by atoms with Gasteiger partial charge in [-0.25, -0.2) is 9.18 Å². The van der Waals surface area contributed by atoms with E-state index in [2.05, 4.69) is 11.4 Å². The van der Waals surface area contributed by atoms with E-state index in [-0.39, 0.29) is 10.6 Å². The molecule has 0 atom stereocenters. The molecule has 0 aliphatic heterocycles. The number of benzene rings is 1. The highest BCUT2D eigenvalue weighted by Gasteiger charge is 2.23. The number of ether oxygens (including phenoxy) is 1. The third-order valence-electron chi connectivity index (χ3n) is 4.02. The smallest absolute Gasteiger partial charge is 0.331 e. The molecule has 3 rings (SSSR count). The van der Waals surface area contributed by atoms with E-state index >= 15 is 0 Å².